The number of allylic oxidation sites excluding steroid dienone is 5. The maximum absolute atomic E-state index is 12.7. The van der Waals surface area contributed by atoms with Crippen LogP contribution in [-0.2, 0) is 50.3 Å². The molecule has 1 aromatic rings. The van der Waals surface area contributed by atoms with Gasteiger partial charge in [0.15, 0.2) is 0 Å². The molecule has 0 aromatic heterocycles. The van der Waals surface area contributed by atoms with Gasteiger partial charge in [0.05, 0.1) is 21.1 Å². The summed E-state index contributed by atoms with van der Waals surface area (Å²) in [5.41, 5.74) is 2.08. The van der Waals surface area contributed by atoms with Crippen LogP contribution in [0, 0.1) is 0 Å². The molecule has 0 bridgehead atoms. The molecule has 59 heavy (non-hydrogen) atoms. The second-order valence-corrected chi connectivity index (χ2v) is 18.5. The molecule has 5 rings (SSSR count). The van der Waals surface area contributed by atoms with Crippen molar-refractivity contribution >= 4 is 49.8 Å². The third kappa shape index (κ3) is 11.5. The van der Waals surface area contributed by atoms with Crippen LogP contribution in [0.15, 0.2) is 81.8 Å². The second-order valence-electron chi connectivity index (χ2n) is 15.6. The van der Waals surface area contributed by atoms with Crippen molar-refractivity contribution < 1.29 is 79.1 Å². The minimum Gasteiger partial charge on any atom is -0.748 e. The van der Waals surface area contributed by atoms with Crippen LogP contribution < -0.4 is 44.4 Å². The zero-order valence-electron chi connectivity index (χ0n) is 34.6. The zero-order chi connectivity index (χ0) is 42.6. The van der Waals surface area contributed by atoms with E-state index in [1.165, 1.54) is 18.2 Å². The fourth-order valence-electron chi connectivity index (χ4n) is 7.35. The summed E-state index contributed by atoms with van der Waals surface area (Å²) < 4.78 is 79.9. The van der Waals surface area contributed by atoms with Gasteiger partial charge in [0, 0.05) is 65.4 Å². The Morgan fingerprint density at radius 1 is 0.949 bits per heavy atom. The molecule has 3 aliphatic heterocycles. The maximum Gasteiger partial charge on any atom is 1.00 e. The summed E-state index contributed by atoms with van der Waals surface area (Å²) in [7, 11) is -9.42. The van der Waals surface area contributed by atoms with Gasteiger partial charge in [-0.2, -0.15) is 0 Å². The van der Waals surface area contributed by atoms with E-state index in [0.29, 0.717) is 22.0 Å². The Bertz CT molecular complexity index is 2430. The summed E-state index contributed by atoms with van der Waals surface area (Å²) in [5.74, 6) is -1.12. The maximum atomic E-state index is 12.7. The van der Waals surface area contributed by atoms with Crippen molar-refractivity contribution in [3.63, 3.8) is 0 Å². The molecule has 0 radical (unpaired) electrons. The number of imide groups is 1. The Balaban J connectivity index is 0.00000769. The van der Waals surface area contributed by atoms with Crippen molar-refractivity contribution in [2.24, 2.45) is 0 Å². The third-order valence-corrected chi connectivity index (χ3v) is 12.1. The molecular formula is C42H50N3NaO11S2. The van der Waals surface area contributed by atoms with Gasteiger partial charge in [-0.25, -0.2) is 26.2 Å². The Morgan fingerprint density at radius 2 is 1.63 bits per heavy atom. The number of hydrogen-bond donors (Lipinski definition) is 0. The summed E-state index contributed by atoms with van der Waals surface area (Å²) in [4.78, 5) is 43.1. The zero-order valence-corrected chi connectivity index (χ0v) is 38.3. The van der Waals surface area contributed by atoms with Crippen LogP contribution in [0.1, 0.15) is 97.0 Å². The topological polar surface area (TPSA) is 197 Å². The van der Waals surface area contributed by atoms with Crippen molar-refractivity contribution in [2.45, 2.75) is 95.8 Å². The molecule has 4 aliphatic rings. The Kier molecular flexibility index (Phi) is 15.6. The van der Waals surface area contributed by atoms with Crippen LogP contribution in [0.3, 0.4) is 0 Å². The van der Waals surface area contributed by atoms with Crippen molar-refractivity contribution in [1.82, 2.24) is 9.64 Å². The summed E-state index contributed by atoms with van der Waals surface area (Å²) in [5, 5.41) is 1.52. The molecule has 1 fully saturated rings. The van der Waals surface area contributed by atoms with Crippen LogP contribution in [0.25, 0.3) is 17.4 Å². The number of hydrogen-bond acceptors (Lipinski definition) is 12. The van der Waals surface area contributed by atoms with Crippen LogP contribution in [0.2, 0.25) is 0 Å². The summed E-state index contributed by atoms with van der Waals surface area (Å²) >= 11 is 0. The number of nitrogens with zero attached hydrogens (tertiary/aromatic N) is 3. The van der Waals surface area contributed by atoms with E-state index in [2.05, 4.69) is 51.3 Å². The quantitative estimate of drug-likeness (QED) is 0.0713. The summed E-state index contributed by atoms with van der Waals surface area (Å²) in [6.45, 7) is 14.0. The molecule has 1 aliphatic carbocycles. The molecule has 1 atom stereocenters. The fourth-order valence-corrected chi connectivity index (χ4v) is 8.33. The standard InChI is InChI=1S/C42H51N3O11S2.Na/c1-7-43(8-2)30-17-19-32-29(26-37(41(3,4)5)55-35(32)27-30)14-10-9-11-15-36-42(6,23-12-16-40(48)56-45-38(46)21-22-39(45)47)33-28-31(58(52,53)54)18-20-34(33)44(36)24-13-25-57(49,50)51;/h9-11,14-15,17-20,26-28H,7-8,12-13,16,21-25H2,1-6H3,(H-,49,50,51,52,53,54);/q;+1/p-1. The van der Waals surface area contributed by atoms with Gasteiger partial charge in [-0.3, -0.25) is 9.59 Å². The van der Waals surface area contributed by atoms with Crippen LogP contribution in [0.5, 0.6) is 0 Å². The van der Waals surface area contributed by atoms with E-state index < -0.39 is 54.1 Å². The number of fused-ring (bicyclic) bond motifs is 2. The fraction of sp³-hybridized carbons (Fsp3) is 0.429. The summed E-state index contributed by atoms with van der Waals surface area (Å²) in [6.07, 6.45) is 9.19. The first kappa shape index (κ1) is 47.8. The van der Waals surface area contributed by atoms with E-state index in [-0.39, 0.29) is 80.0 Å². The normalized spacial score (nSPS) is 18.1. The first-order chi connectivity index (χ1) is 27.2. The Morgan fingerprint density at radius 3 is 2.24 bits per heavy atom. The SMILES string of the molecule is CC[N+](CC)=c1ccc2c(/C=C/C=C/C=C3\N(CCCS(=O)(=O)[O-])c4ccc(S(=O)(=O)[O-])cc4C3(C)CCCC(=O)ON3C(=O)CCC3=O)cc(C(C)(C)C)oc-2c1.[Na+]. The monoisotopic (exact) mass is 859 g/mol. The number of anilines is 1. The smallest absolute Gasteiger partial charge is 0.748 e. The number of carbonyl (C=O) groups is 3. The first-order valence-corrected chi connectivity index (χ1v) is 22.2. The molecule has 0 saturated carbocycles. The van der Waals surface area contributed by atoms with Gasteiger partial charge in [-0.1, -0.05) is 45.1 Å². The van der Waals surface area contributed by atoms with E-state index >= 15 is 0 Å². The van der Waals surface area contributed by atoms with Crippen molar-refractivity contribution in [3.05, 3.63) is 94.7 Å². The van der Waals surface area contributed by atoms with Gasteiger partial charge in [0.2, 0.25) is 5.36 Å². The van der Waals surface area contributed by atoms with Gasteiger partial charge in [-0.15, -0.1) is 5.06 Å². The molecule has 0 N–H and O–H groups in total. The van der Waals surface area contributed by atoms with Gasteiger partial charge in [0.1, 0.15) is 34.7 Å². The van der Waals surface area contributed by atoms with Crippen molar-refractivity contribution in [1.29, 1.82) is 0 Å². The largest absolute Gasteiger partial charge is 1.00 e. The first-order valence-electron chi connectivity index (χ1n) is 19.3. The minimum atomic E-state index is -4.88. The molecule has 17 heteroatoms. The molecule has 1 unspecified atom stereocenters. The van der Waals surface area contributed by atoms with E-state index in [1.807, 2.05) is 37.3 Å². The number of benzene rings is 2. The van der Waals surface area contributed by atoms with Gasteiger partial charge in [0.25, 0.3) is 11.8 Å². The number of amides is 2. The van der Waals surface area contributed by atoms with Crippen LogP contribution in [0.4, 0.5) is 5.69 Å². The number of rotatable bonds is 15. The van der Waals surface area contributed by atoms with E-state index in [0.717, 1.165) is 41.1 Å². The molecule has 312 valence electrons. The van der Waals surface area contributed by atoms with Gasteiger partial charge < -0.3 is 23.3 Å². The van der Waals surface area contributed by atoms with Crippen molar-refractivity contribution in [3.8, 4) is 11.3 Å². The molecule has 1 saturated heterocycles. The summed E-state index contributed by atoms with van der Waals surface area (Å²) in [6, 6.07) is 12.1. The predicted molar refractivity (Wildman–Crippen MR) is 216 cm³/mol. The van der Waals surface area contributed by atoms with E-state index in [4.69, 9.17) is 9.25 Å². The molecule has 1 aromatic carbocycles. The molecule has 0 spiro atoms. The van der Waals surface area contributed by atoms with Crippen LogP contribution >= 0.6 is 0 Å². The molecule has 3 heterocycles. The Labute approximate surface area is 368 Å². The number of hydroxylamine groups is 2. The average molecular weight is 860 g/mol. The average Bonchev–Trinajstić information content (AvgIpc) is 3.57. The molecule has 2 amide bonds. The minimum absolute atomic E-state index is 0. The van der Waals surface area contributed by atoms with Crippen molar-refractivity contribution in [2.75, 3.05) is 30.3 Å². The van der Waals surface area contributed by atoms with Gasteiger partial charge >= 0.3 is 35.5 Å². The van der Waals surface area contributed by atoms with E-state index in [1.54, 1.807) is 17.1 Å². The van der Waals surface area contributed by atoms with Crippen LogP contribution in [-0.4, -0.2) is 74.2 Å². The van der Waals surface area contributed by atoms with Gasteiger partial charge in [-0.05, 0) is 87.6 Å². The molecule has 14 nitrogen and oxygen atoms in total. The molecular weight excluding hydrogens is 810 g/mol. The number of carbonyl (C=O) groups excluding carboxylic acids is 3. The van der Waals surface area contributed by atoms with E-state index in [9.17, 15) is 40.3 Å². The predicted octanol–water partition coefficient (Wildman–Crippen LogP) is 2.35. The third-order valence-electron chi connectivity index (χ3n) is 10.4. The second kappa shape index (κ2) is 19.2. The Hall–Kier alpha value is -3.90.